The Hall–Kier alpha value is -1.70. The van der Waals surface area contributed by atoms with Crippen molar-refractivity contribution in [2.45, 2.75) is 25.8 Å². The molecule has 25 heavy (non-hydrogen) atoms. The van der Waals surface area contributed by atoms with Gasteiger partial charge in [-0.2, -0.15) is 0 Å². The first-order valence-corrected chi connectivity index (χ1v) is 8.74. The molecule has 4 heterocycles. The van der Waals surface area contributed by atoms with Crippen LogP contribution in [0.15, 0.2) is 16.8 Å². The number of aryl methyl sites for hydroxylation is 1. The van der Waals surface area contributed by atoms with Gasteiger partial charge in [-0.25, -0.2) is 4.98 Å². The molecule has 1 unspecified atom stereocenters. The number of amides is 1. The van der Waals surface area contributed by atoms with Crippen molar-refractivity contribution in [3.8, 4) is 0 Å². The third-order valence-corrected chi connectivity index (χ3v) is 5.10. The summed E-state index contributed by atoms with van der Waals surface area (Å²) in [6.07, 6.45) is 3.42. The lowest BCUT2D eigenvalue weighted by molar-refractivity contribution is 0.0773. The Labute approximate surface area is 153 Å². The van der Waals surface area contributed by atoms with Crippen molar-refractivity contribution in [3.05, 3.63) is 23.5 Å². The van der Waals surface area contributed by atoms with Crippen LogP contribution in [0.1, 0.15) is 29.4 Å². The molecule has 1 N–H and O–H groups in total. The largest absolute Gasteiger partial charge is 0.337 e. The van der Waals surface area contributed by atoms with Crippen LogP contribution in [-0.4, -0.2) is 71.2 Å². The van der Waals surface area contributed by atoms with Crippen molar-refractivity contribution in [3.63, 3.8) is 0 Å². The van der Waals surface area contributed by atoms with Crippen molar-refractivity contribution in [2.75, 3.05) is 39.3 Å². The number of hydrogen-bond donors (Lipinski definition) is 1. The van der Waals surface area contributed by atoms with E-state index in [4.69, 9.17) is 4.52 Å². The third kappa shape index (κ3) is 3.49. The normalized spacial score (nSPS) is 21.5. The predicted molar refractivity (Wildman–Crippen MR) is 97.2 cm³/mol. The number of likely N-dealkylation sites (tertiary alicyclic amines) is 1. The van der Waals surface area contributed by atoms with E-state index >= 15 is 0 Å². The van der Waals surface area contributed by atoms with Crippen LogP contribution in [0.2, 0.25) is 0 Å². The van der Waals surface area contributed by atoms with Crippen LogP contribution in [-0.2, 0) is 6.42 Å². The van der Waals surface area contributed by atoms with E-state index in [1.54, 1.807) is 6.20 Å². The lowest BCUT2D eigenvalue weighted by Gasteiger charge is -2.32. The van der Waals surface area contributed by atoms with Crippen LogP contribution in [0.25, 0.3) is 11.1 Å². The highest BCUT2D eigenvalue weighted by Crippen LogP contribution is 2.22. The SMILES string of the molecule is CCc1noc2ncc(C(=O)N3CCC(N4CCNCC4)C3)cc12.Cl. The molecule has 0 saturated carbocycles. The molecule has 1 atom stereocenters. The smallest absolute Gasteiger partial charge is 0.257 e. The molecule has 2 fully saturated rings. The van der Waals surface area contributed by atoms with Gasteiger partial charge in [0.25, 0.3) is 11.6 Å². The summed E-state index contributed by atoms with van der Waals surface area (Å²) in [7, 11) is 0. The molecule has 2 aromatic heterocycles. The van der Waals surface area contributed by atoms with E-state index < -0.39 is 0 Å². The Kier molecular flexibility index (Phi) is 5.56. The quantitative estimate of drug-likeness (QED) is 0.884. The molecule has 0 spiro atoms. The number of carbonyl (C=O) groups excluding carboxylic acids is 1. The second-order valence-corrected chi connectivity index (χ2v) is 6.54. The van der Waals surface area contributed by atoms with Gasteiger partial charge in [-0.1, -0.05) is 12.1 Å². The van der Waals surface area contributed by atoms with Gasteiger partial charge in [0.2, 0.25) is 0 Å². The molecule has 4 rings (SSSR count). The molecule has 2 aromatic rings. The van der Waals surface area contributed by atoms with Gasteiger partial charge in [0, 0.05) is 51.5 Å². The van der Waals surface area contributed by atoms with Crippen LogP contribution in [0, 0.1) is 0 Å². The van der Waals surface area contributed by atoms with E-state index in [1.165, 1.54) is 0 Å². The average molecular weight is 366 g/mol. The van der Waals surface area contributed by atoms with Gasteiger partial charge in [-0.05, 0) is 18.9 Å². The second kappa shape index (κ2) is 7.68. The van der Waals surface area contributed by atoms with Crippen LogP contribution >= 0.6 is 12.4 Å². The van der Waals surface area contributed by atoms with Crippen LogP contribution < -0.4 is 5.32 Å². The van der Waals surface area contributed by atoms with Crippen molar-refractivity contribution in [2.24, 2.45) is 0 Å². The number of hydrogen-bond acceptors (Lipinski definition) is 6. The Balaban J connectivity index is 0.00000182. The summed E-state index contributed by atoms with van der Waals surface area (Å²) < 4.78 is 5.20. The van der Waals surface area contributed by atoms with Crippen molar-refractivity contribution in [1.29, 1.82) is 0 Å². The van der Waals surface area contributed by atoms with E-state index in [1.807, 2.05) is 17.9 Å². The average Bonchev–Trinajstić information content (AvgIpc) is 3.28. The first kappa shape index (κ1) is 18.1. The number of aromatic nitrogens is 2. The molecule has 8 heteroatoms. The minimum Gasteiger partial charge on any atom is -0.337 e. The Morgan fingerprint density at radius 3 is 2.92 bits per heavy atom. The Morgan fingerprint density at radius 1 is 1.36 bits per heavy atom. The molecular formula is C17H24ClN5O2. The molecule has 0 aromatic carbocycles. The number of piperazine rings is 1. The van der Waals surface area contributed by atoms with E-state index in [0.29, 0.717) is 17.3 Å². The molecule has 0 aliphatic carbocycles. The summed E-state index contributed by atoms with van der Waals surface area (Å²) in [6, 6.07) is 2.35. The lowest BCUT2D eigenvalue weighted by atomic mass is 10.1. The molecule has 0 radical (unpaired) electrons. The van der Waals surface area contributed by atoms with Gasteiger partial charge in [-0.15, -0.1) is 12.4 Å². The first-order valence-electron chi connectivity index (χ1n) is 8.74. The van der Waals surface area contributed by atoms with Gasteiger partial charge in [0.1, 0.15) is 0 Å². The van der Waals surface area contributed by atoms with E-state index in [0.717, 1.165) is 63.2 Å². The zero-order chi connectivity index (χ0) is 16.5. The summed E-state index contributed by atoms with van der Waals surface area (Å²) in [5.41, 5.74) is 1.98. The molecular weight excluding hydrogens is 342 g/mol. The monoisotopic (exact) mass is 365 g/mol. The maximum Gasteiger partial charge on any atom is 0.257 e. The summed E-state index contributed by atoms with van der Waals surface area (Å²) >= 11 is 0. The number of pyridine rings is 1. The van der Waals surface area contributed by atoms with E-state index in [9.17, 15) is 4.79 Å². The first-order chi connectivity index (χ1) is 11.8. The molecule has 2 aliphatic heterocycles. The van der Waals surface area contributed by atoms with Crippen molar-refractivity contribution in [1.82, 2.24) is 25.3 Å². The van der Waals surface area contributed by atoms with E-state index in [2.05, 4.69) is 20.4 Å². The summed E-state index contributed by atoms with van der Waals surface area (Å²) in [4.78, 5) is 21.6. The zero-order valence-corrected chi connectivity index (χ0v) is 15.2. The Bertz CT molecular complexity index is 744. The van der Waals surface area contributed by atoms with Gasteiger partial charge < -0.3 is 14.7 Å². The van der Waals surface area contributed by atoms with Gasteiger partial charge in [0.15, 0.2) is 0 Å². The summed E-state index contributed by atoms with van der Waals surface area (Å²) in [6.45, 7) is 7.86. The number of rotatable bonds is 3. The van der Waals surface area contributed by atoms with Gasteiger partial charge >= 0.3 is 0 Å². The van der Waals surface area contributed by atoms with Gasteiger partial charge in [0.05, 0.1) is 16.6 Å². The van der Waals surface area contributed by atoms with Gasteiger partial charge in [-0.3, -0.25) is 9.69 Å². The lowest BCUT2D eigenvalue weighted by Crippen LogP contribution is -2.49. The van der Waals surface area contributed by atoms with Crippen LogP contribution in [0.4, 0.5) is 0 Å². The third-order valence-electron chi connectivity index (χ3n) is 5.10. The zero-order valence-electron chi connectivity index (χ0n) is 14.4. The molecule has 1 amide bonds. The fourth-order valence-corrected chi connectivity index (χ4v) is 3.71. The Morgan fingerprint density at radius 2 is 2.16 bits per heavy atom. The standard InChI is InChI=1S/C17H23N5O2.ClH/c1-2-15-14-9-12(10-19-16(14)24-20-15)17(23)22-6-3-13(11-22)21-7-4-18-5-8-21;/h9-10,13,18H,2-8,11H2,1H3;1H. The molecule has 2 aliphatic rings. The molecule has 136 valence electrons. The minimum atomic E-state index is 0. The molecule has 2 saturated heterocycles. The summed E-state index contributed by atoms with van der Waals surface area (Å²) in [5, 5.41) is 8.24. The topological polar surface area (TPSA) is 74.5 Å². The summed E-state index contributed by atoms with van der Waals surface area (Å²) in [5.74, 6) is 0.0605. The highest BCUT2D eigenvalue weighted by Gasteiger charge is 2.31. The minimum absolute atomic E-state index is 0. The predicted octanol–water partition coefficient (Wildman–Crippen LogP) is 1.33. The molecule has 7 nitrogen and oxygen atoms in total. The van der Waals surface area contributed by atoms with Crippen molar-refractivity contribution >= 4 is 29.4 Å². The number of halogens is 1. The fraction of sp³-hybridized carbons (Fsp3) is 0.588. The molecule has 0 bridgehead atoms. The second-order valence-electron chi connectivity index (χ2n) is 6.54. The maximum atomic E-state index is 12.8. The van der Waals surface area contributed by atoms with Crippen LogP contribution in [0.3, 0.4) is 0 Å². The highest BCUT2D eigenvalue weighted by atomic mass is 35.5. The highest BCUT2D eigenvalue weighted by molar-refractivity contribution is 5.97. The van der Waals surface area contributed by atoms with E-state index in [-0.39, 0.29) is 18.3 Å². The van der Waals surface area contributed by atoms with Crippen LogP contribution in [0.5, 0.6) is 0 Å². The number of nitrogens with one attached hydrogen (secondary N) is 1. The number of carbonyl (C=O) groups is 1. The maximum absolute atomic E-state index is 12.8. The number of nitrogens with zero attached hydrogens (tertiary/aromatic N) is 4. The van der Waals surface area contributed by atoms with Crippen molar-refractivity contribution < 1.29 is 9.32 Å². The fourth-order valence-electron chi connectivity index (χ4n) is 3.71. The number of fused-ring (bicyclic) bond motifs is 1.